The number of nitrogens with zero attached hydrogens (tertiary/aromatic N) is 4. The molecule has 2 aliphatic heterocycles. The number of anilines is 1. The lowest BCUT2D eigenvalue weighted by Gasteiger charge is -2.39. The molecule has 0 saturated carbocycles. The number of ether oxygens (including phenoxy) is 1. The molecule has 25 heavy (non-hydrogen) atoms. The van der Waals surface area contributed by atoms with Crippen LogP contribution in [0.25, 0.3) is 0 Å². The van der Waals surface area contributed by atoms with Crippen molar-refractivity contribution in [3.63, 3.8) is 0 Å². The van der Waals surface area contributed by atoms with Crippen LogP contribution in [0, 0.1) is 12.8 Å². The van der Waals surface area contributed by atoms with E-state index in [0.29, 0.717) is 51.8 Å². The SMILES string of the molecule is COCC1CCCN(S(=O)(=O)N2CCN(c3ncccc3C)CC2)C1. The minimum Gasteiger partial charge on any atom is -0.384 e. The predicted molar refractivity (Wildman–Crippen MR) is 97.9 cm³/mol. The number of pyridine rings is 1. The third-order valence-electron chi connectivity index (χ3n) is 5.06. The molecule has 1 aromatic rings. The molecule has 0 aliphatic carbocycles. The van der Waals surface area contributed by atoms with Gasteiger partial charge >= 0.3 is 0 Å². The Morgan fingerprint density at radius 1 is 1.20 bits per heavy atom. The normalized spacial score (nSPS) is 23.8. The molecule has 1 atom stereocenters. The number of hydrogen-bond donors (Lipinski definition) is 0. The maximum absolute atomic E-state index is 13.0. The summed E-state index contributed by atoms with van der Waals surface area (Å²) in [5.41, 5.74) is 1.12. The van der Waals surface area contributed by atoms with Gasteiger partial charge < -0.3 is 9.64 Å². The monoisotopic (exact) mass is 368 g/mol. The van der Waals surface area contributed by atoms with Gasteiger partial charge in [0.1, 0.15) is 5.82 Å². The number of aryl methyl sites for hydroxylation is 1. The zero-order chi connectivity index (χ0) is 17.9. The third-order valence-corrected chi connectivity index (χ3v) is 7.06. The van der Waals surface area contributed by atoms with Crippen molar-refractivity contribution in [3.8, 4) is 0 Å². The van der Waals surface area contributed by atoms with Crippen LogP contribution in [0.2, 0.25) is 0 Å². The first-order valence-electron chi connectivity index (χ1n) is 8.93. The van der Waals surface area contributed by atoms with Crippen LogP contribution >= 0.6 is 0 Å². The van der Waals surface area contributed by atoms with Crippen molar-refractivity contribution in [3.05, 3.63) is 23.9 Å². The Morgan fingerprint density at radius 3 is 2.64 bits per heavy atom. The van der Waals surface area contributed by atoms with Crippen molar-refractivity contribution >= 4 is 16.0 Å². The number of piperidine rings is 1. The first-order chi connectivity index (χ1) is 12.0. The zero-order valence-electron chi connectivity index (χ0n) is 15.1. The van der Waals surface area contributed by atoms with Gasteiger partial charge in [0.05, 0.1) is 6.61 Å². The van der Waals surface area contributed by atoms with Crippen molar-refractivity contribution in [1.29, 1.82) is 0 Å². The standard InChI is InChI=1S/C17H28N4O3S/c1-15-5-3-7-18-17(15)19-9-11-20(12-10-19)25(22,23)21-8-4-6-16(13-21)14-24-2/h3,5,7,16H,4,6,8-14H2,1-2H3. The van der Waals surface area contributed by atoms with Gasteiger partial charge in [-0.15, -0.1) is 0 Å². The highest BCUT2D eigenvalue weighted by molar-refractivity contribution is 7.86. The van der Waals surface area contributed by atoms with Crippen molar-refractivity contribution < 1.29 is 13.2 Å². The Labute approximate surface area is 150 Å². The van der Waals surface area contributed by atoms with Gasteiger partial charge in [-0.2, -0.15) is 17.0 Å². The molecule has 1 aromatic heterocycles. The molecule has 2 saturated heterocycles. The third kappa shape index (κ3) is 4.13. The summed E-state index contributed by atoms with van der Waals surface area (Å²) in [6.07, 6.45) is 3.72. The van der Waals surface area contributed by atoms with Crippen LogP contribution in [0.4, 0.5) is 5.82 Å². The highest BCUT2D eigenvalue weighted by Crippen LogP contribution is 2.24. The summed E-state index contributed by atoms with van der Waals surface area (Å²) in [6, 6.07) is 3.96. The summed E-state index contributed by atoms with van der Waals surface area (Å²) in [7, 11) is -1.72. The summed E-state index contributed by atoms with van der Waals surface area (Å²) in [4.78, 5) is 6.61. The Hall–Kier alpha value is -1.22. The molecule has 3 rings (SSSR count). The van der Waals surface area contributed by atoms with Gasteiger partial charge in [0, 0.05) is 52.6 Å². The Balaban J connectivity index is 1.62. The summed E-state index contributed by atoms with van der Waals surface area (Å²) in [6.45, 7) is 6.19. The van der Waals surface area contributed by atoms with Crippen molar-refractivity contribution in [2.75, 3.05) is 57.9 Å². The van der Waals surface area contributed by atoms with Gasteiger partial charge in [-0.05, 0) is 37.3 Å². The Bertz CT molecular complexity index is 672. The fourth-order valence-electron chi connectivity index (χ4n) is 3.71. The van der Waals surface area contributed by atoms with Crippen LogP contribution in [-0.4, -0.2) is 75.0 Å². The van der Waals surface area contributed by atoms with E-state index in [9.17, 15) is 8.42 Å². The maximum atomic E-state index is 13.0. The van der Waals surface area contributed by atoms with Gasteiger partial charge in [0.2, 0.25) is 0 Å². The minimum absolute atomic E-state index is 0.297. The van der Waals surface area contributed by atoms with Crippen molar-refractivity contribution in [1.82, 2.24) is 13.6 Å². The van der Waals surface area contributed by atoms with E-state index in [1.165, 1.54) is 0 Å². The molecule has 0 bridgehead atoms. The van der Waals surface area contributed by atoms with E-state index < -0.39 is 10.2 Å². The smallest absolute Gasteiger partial charge is 0.282 e. The van der Waals surface area contributed by atoms with E-state index in [1.54, 1.807) is 21.9 Å². The van der Waals surface area contributed by atoms with Crippen LogP contribution in [0.3, 0.4) is 0 Å². The summed E-state index contributed by atoms with van der Waals surface area (Å²) >= 11 is 0. The summed E-state index contributed by atoms with van der Waals surface area (Å²) in [5, 5.41) is 0. The highest BCUT2D eigenvalue weighted by Gasteiger charge is 2.35. The second-order valence-electron chi connectivity index (χ2n) is 6.86. The van der Waals surface area contributed by atoms with Crippen molar-refractivity contribution in [2.45, 2.75) is 19.8 Å². The predicted octanol–water partition coefficient (Wildman–Crippen LogP) is 1.12. The largest absolute Gasteiger partial charge is 0.384 e. The molecule has 0 radical (unpaired) electrons. The fourth-order valence-corrected chi connectivity index (χ4v) is 5.42. The molecule has 3 heterocycles. The second kappa shape index (κ2) is 7.99. The van der Waals surface area contributed by atoms with E-state index in [1.807, 2.05) is 19.1 Å². The molecular formula is C17H28N4O3S. The number of rotatable bonds is 5. The Morgan fingerprint density at radius 2 is 1.96 bits per heavy atom. The van der Waals surface area contributed by atoms with Gasteiger partial charge in [-0.25, -0.2) is 4.98 Å². The van der Waals surface area contributed by atoms with Crippen LogP contribution in [0.5, 0.6) is 0 Å². The fraction of sp³-hybridized carbons (Fsp3) is 0.706. The molecule has 140 valence electrons. The van der Waals surface area contributed by atoms with E-state index in [-0.39, 0.29) is 0 Å². The average molecular weight is 369 g/mol. The lowest BCUT2D eigenvalue weighted by molar-refractivity contribution is 0.116. The van der Waals surface area contributed by atoms with E-state index in [0.717, 1.165) is 24.2 Å². The number of aromatic nitrogens is 1. The van der Waals surface area contributed by atoms with E-state index >= 15 is 0 Å². The lowest BCUT2D eigenvalue weighted by Crippen LogP contribution is -2.55. The van der Waals surface area contributed by atoms with Crippen molar-refractivity contribution in [2.24, 2.45) is 5.92 Å². The number of methoxy groups -OCH3 is 1. The maximum Gasteiger partial charge on any atom is 0.282 e. The van der Waals surface area contributed by atoms with Gasteiger partial charge in [-0.3, -0.25) is 0 Å². The first kappa shape index (κ1) is 18.6. The molecule has 2 aliphatic rings. The molecule has 7 nitrogen and oxygen atoms in total. The molecule has 0 spiro atoms. The molecule has 2 fully saturated rings. The average Bonchev–Trinajstić information content (AvgIpc) is 2.63. The van der Waals surface area contributed by atoms with Crippen LogP contribution in [0.15, 0.2) is 18.3 Å². The molecule has 0 amide bonds. The highest BCUT2D eigenvalue weighted by atomic mass is 32.2. The molecule has 1 unspecified atom stereocenters. The van der Waals surface area contributed by atoms with Gasteiger partial charge in [0.25, 0.3) is 10.2 Å². The Kier molecular flexibility index (Phi) is 5.93. The van der Waals surface area contributed by atoms with E-state index in [2.05, 4.69) is 9.88 Å². The summed E-state index contributed by atoms with van der Waals surface area (Å²) in [5.74, 6) is 1.25. The minimum atomic E-state index is -3.39. The summed E-state index contributed by atoms with van der Waals surface area (Å²) < 4.78 is 34.4. The van der Waals surface area contributed by atoms with Crippen LogP contribution in [-0.2, 0) is 14.9 Å². The molecule has 8 heteroatoms. The number of hydrogen-bond acceptors (Lipinski definition) is 5. The lowest BCUT2D eigenvalue weighted by atomic mass is 10.0. The topological polar surface area (TPSA) is 66.0 Å². The quantitative estimate of drug-likeness (QED) is 0.779. The second-order valence-corrected chi connectivity index (χ2v) is 8.79. The first-order valence-corrected chi connectivity index (χ1v) is 10.3. The van der Waals surface area contributed by atoms with Gasteiger partial charge in [0.15, 0.2) is 0 Å². The number of piperazine rings is 1. The zero-order valence-corrected chi connectivity index (χ0v) is 15.9. The van der Waals surface area contributed by atoms with E-state index in [4.69, 9.17) is 4.74 Å². The molecule has 0 aromatic carbocycles. The molecule has 0 N–H and O–H groups in total. The van der Waals surface area contributed by atoms with Crippen LogP contribution < -0.4 is 4.90 Å². The molecular weight excluding hydrogens is 340 g/mol. The van der Waals surface area contributed by atoms with Crippen LogP contribution in [0.1, 0.15) is 18.4 Å². The van der Waals surface area contributed by atoms with Gasteiger partial charge in [-0.1, -0.05) is 6.07 Å².